The fourth-order valence-electron chi connectivity index (χ4n) is 2.63. The van der Waals surface area contributed by atoms with Crippen molar-refractivity contribution in [2.45, 2.75) is 14.4 Å². The molecule has 3 rings (SSSR count). The Morgan fingerprint density at radius 1 is 1.06 bits per heavy atom. The fourth-order valence-corrected chi connectivity index (χ4v) is 5.73. The largest absolute Gasteiger partial charge is 0.493 e. The molecule has 0 atom stereocenters. The third kappa shape index (κ3) is 7.00. The van der Waals surface area contributed by atoms with Crippen LogP contribution in [0.15, 0.2) is 50.2 Å². The van der Waals surface area contributed by atoms with Crippen LogP contribution >= 0.6 is 46.5 Å². The van der Waals surface area contributed by atoms with E-state index in [-0.39, 0.29) is 11.7 Å². The van der Waals surface area contributed by atoms with E-state index in [2.05, 4.69) is 20.7 Å². The van der Waals surface area contributed by atoms with Crippen molar-refractivity contribution in [3.63, 3.8) is 0 Å². The van der Waals surface area contributed by atoms with Crippen LogP contribution in [0, 0.1) is 0 Å². The summed E-state index contributed by atoms with van der Waals surface area (Å²) in [5.41, 5.74) is 4.17. The highest BCUT2D eigenvalue weighted by Crippen LogP contribution is 2.39. The van der Waals surface area contributed by atoms with E-state index in [1.165, 1.54) is 43.5 Å². The molecule has 0 unspecified atom stereocenters. The van der Waals surface area contributed by atoms with Crippen molar-refractivity contribution < 1.29 is 19.0 Å². The number of methoxy groups -OCH3 is 3. The number of benzene rings is 2. The van der Waals surface area contributed by atoms with Gasteiger partial charge in [-0.05, 0) is 23.8 Å². The van der Waals surface area contributed by atoms with Gasteiger partial charge >= 0.3 is 0 Å². The average molecular weight is 525 g/mol. The summed E-state index contributed by atoms with van der Waals surface area (Å²) < 4.78 is 17.5. The Balaban J connectivity index is 1.49. The molecule has 2 aromatic carbocycles. The fraction of sp³-hybridized carbons (Fsp3) is 0.238. The quantitative estimate of drug-likeness (QED) is 0.218. The molecule has 0 radical (unpaired) electrons. The molecule has 0 saturated heterocycles. The first-order chi connectivity index (χ1) is 16.0. The lowest BCUT2D eigenvalue weighted by Gasteiger charge is -2.13. The molecule has 12 heteroatoms. The van der Waals surface area contributed by atoms with Gasteiger partial charge in [0.25, 0.3) is 5.91 Å². The Bertz CT molecular complexity index is 1130. The van der Waals surface area contributed by atoms with E-state index < -0.39 is 0 Å². The second-order valence-corrected chi connectivity index (χ2v) is 10.0. The monoisotopic (exact) mass is 524 g/mol. The maximum Gasteiger partial charge on any atom is 0.250 e. The molecule has 1 aromatic heterocycles. The number of hydrogen-bond acceptors (Lipinski definition) is 10. The molecular formula is C21H21ClN4O4S3. The molecule has 33 heavy (non-hydrogen) atoms. The molecule has 0 bridgehead atoms. The van der Waals surface area contributed by atoms with Gasteiger partial charge in [0.15, 0.2) is 20.2 Å². The van der Waals surface area contributed by atoms with Gasteiger partial charge in [-0.1, -0.05) is 64.7 Å². The van der Waals surface area contributed by atoms with Gasteiger partial charge < -0.3 is 14.2 Å². The minimum absolute atomic E-state index is 0.157. The molecule has 0 spiro atoms. The van der Waals surface area contributed by atoms with Crippen LogP contribution in [0.1, 0.15) is 11.1 Å². The summed E-state index contributed by atoms with van der Waals surface area (Å²) in [6.07, 6.45) is 1.48. The lowest BCUT2D eigenvalue weighted by Crippen LogP contribution is -2.19. The molecule has 174 valence electrons. The van der Waals surface area contributed by atoms with Gasteiger partial charge in [0.1, 0.15) is 0 Å². The average Bonchev–Trinajstić information content (AvgIpc) is 3.29. The van der Waals surface area contributed by atoms with Crippen LogP contribution < -0.4 is 19.6 Å². The van der Waals surface area contributed by atoms with Crippen molar-refractivity contribution in [3.05, 3.63) is 52.5 Å². The summed E-state index contributed by atoms with van der Waals surface area (Å²) in [6, 6.07) is 11.2. The Kier molecular flexibility index (Phi) is 9.67. The number of nitrogens with zero attached hydrogens (tertiary/aromatic N) is 3. The van der Waals surface area contributed by atoms with E-state index in [4.69, 9.17) is 25.8 Å². The Hall–Kier alpha value is -2.47. The Morgan fingerprint density at radius 2 is 1.79 bits per heavy atom. The zero-order chi connectivity index (χ0) is 23.6. The number of nitrogens with one attached hydrogen (secondary N) is 1. The zero-order valence-corrected chi connectivity index (χ0v) is 21.2. The molecule has 1 N–H and O–H groups in total. The van der Waals surface area contributed by atoms with E-state index in [1.54, 1.807) is 31.0 Å². The Labute approximate surface area is 209 Å². The summed E-state index contributed by atoms with van der Waals surface area (Å²) in [7, 11) is 4.59. The second-order valence-electron chi connectivity index (χ2n) is 6.22. The van der Waals surface area contributed by atoms with Crippen molar-refractivity contribution in [2.24, 2.45) is 5.10 Å². The third-order valence-corrected chi connectivity index (χ3v) is 7.76. The lowest BCUT2D eigenvalue weighted by molar-refractivity contribution is -0.118. The van der Waals surface area contributed by atoms with Gasteiger partial charge in [0.2, 0.25) is 5.75 Å². The summed E-state index contributed by atoms with van der Waals surface area (Å²) in [5.74, 6) is 2.03. The lowest BCUT2D eigenvalue weighted by atomic mass is 10.2. The molecule has 0 fully saturated rings. The van der Waals surface area contributed by atoms with Gasteiger partial charge in [-0.15, -0.1) is 10.2 Å². The van der Waals surface area contributed by atoms with Gasteiger partial charge in [-0.3, -0.25) is 4.79 Å². The molecule has 0 aliphatic rings. The van der Waals surface area contributed by atoms with E-state index in [0.717, 1.165) is 14.9 Å². The number of rotatable bonds is 11. The minimum Gasteiger partial charge on any atom is -0.493 e. The van der Waals surface area contributed by atoms with E-state index in [0.29, 0.717) is 32.9 Å². The van der Waals surface area contributed by atoms with Crippen LogP contribution in [0.5, 0.6) is 17.2 Å². The van der Waals surface area contributed by atoms with Crippen LogP contribution in [0.4, 0.5) is 0 Å². The van der Waals surface area contributed by atoms with Crippen LogP contribution in [-0.2, 0) is 10.5 Å². The van der Waals surface area contributed by atoms with Crippen LogP contribution in [0.2, 0.25) is 5.02 Å². The molecule has 8 nitrogen and oxygen atoms in total. The number of aromatic nitrogens is 2. The summed E-state index contributed by atoms with van der Waals surface area (Å²) >= 11 is 10.5. The SMILES string of the molecule is COc1ccc(/C=N/NC(=O)CSc2nnc(SCc3ccccc3Cl)s2)c(OC)c1OC. The number of carbonyl (C=O) groups is 1. The molecular weight excluding hydrogens is 504 g/mol. The number of carbonyl (C=O) groups excluding carboxylic acids is 1. The first kappa shape index (κ1) is 25.2. The number of hydrogen-bond donors (Lipinski definition) is 1. The van der Waals surface area contributed by atoms with Crippen molar-refractivity contribution >= 4 is 58.6 Å². The van der Waals surface area contributed by atoms with Gasteiger partial charge in [-0.2, -0.15) is 5.10 Å². The van der Waals surface area contributed by atoms with Crippen molar-refractivity contribution in [3.8, 4) is 17.2 Å². The number of ether oxygens (including phenoxy) is 3. The highest BCUT2D eigenvalue weighted by molar-refractivity contribution is 8.03. The van der Waals surface area contributed by atoms with Gasteiger partial charge in [0.05, 0.1) is 33.3 Å². The zero-order valence-electron chi connectivity index (χ0n) is 18.0. The first-order valence-corrected chi connectivity index (χ1v) is 12.7. The second kappa shape index (κ2) is 12.7. The van der Waals surface area contributed by atoms with Crippen molar-refractivity contribution in [1.82, 2.24) is 15.6 Å². The van der Waals surface area contributed by atoms with E-state index >= 15 is 0 Å². The molecule has 0 aliphatic heterocycles. The first-order valence-electron chi connectivity index (χ1n) is 9.49. The van der Waals surface area contributed by atoms with Crippen LogP contribution in [0.25, 0.3) is 0 Å². The predicted molar refractivity (Wildman–Crippen MR) is 133 cm³/mol. The van der Waals surface area contributed by atoms with E-state index in [9.17, 15) is 4.79 Å². The minimum atomic E-state index is -0.267. The highest BCUT2D eigenvalue weighted by atomic mass is 35.5. The maximum atomic E-state index is 12.2. The predicted octanol–water partition coefficient (Wildman–Crippen LogP) is 4.75. The van der Waals surface area contributed by atoms with Gasteiger partial charge in [-0.25, -0.2) is 5.43 Å². The highest BCUT2D eigenvalue weighted by Gasteiger charge is 2.15. The van der Waals surface area contributed by atoms with Gasteiger partial charge in [0, 0.05) is 16.3 Å². The molecule has 0 aliphatic carbocycles. The molecule has 1 heterocycles. The Morgan fingerprint density at radius 3 is 2.48 bits per heavy atom. The summed E-state index contributed by atoms with van der Waals surface area (Å²) in [5, 5.41) is 13.0. The van der Waals surface area contributed by atoms with Crippen LogP contribution in [0.3, 0.4) is 0 Å². The number of amides is 1. The number of halogens is 1. The molecule has 1 amide bonds. The smallest absolute Gasteiger partial charge is 0.250 e. The molecule has 3 aromatic rings. The normalized spacial score (nSPS) is 10.9. The number of thioether (sulfide) groups is 2. The topological polar surface area (TPSA) is 94.9 Å². The maximum absolute atomic E-state index is 12.2. The van der Waals surface area contributed by atoms with E-state index in [1.807, 2.05) is 24.3 Å². The van der Waals surface area contributed by atoms with Crippen molar-refractivity contribution in [2.75, 3.05) is 27.1 Å². The van der Waals surface area contributed by atoms with Crippen molar-refractivity contribution in [1.29, 1.82) is 0 Å². The number of hydrazone groups is 1. The molecule has 0 saturated carbocycles. The summed E-state index contributed by atoms with van der Waals surface area (Å²) in [6.45, 7) is 0. The summed E-state index contributed by atoms with van der Waals surface area (Å²) in [4.78, 5) is 12.2. The third-order valence-electron chi connectivity index (χ3n) is 4.15. The van der Waals surface area contributed by atoms with Crippen LogP contribution in [-0.4, -0.2) is 49.4 Å². The standard InChI is InChI=1S/C21H21ClN4O4S3/c1-28-16-9-8-13(18(29-2)19(16)30-3)10-23-24-17(27)12-32-21-26-25-20(33-21)31-11-14-6-4-5-7-15(14)22/h4-10H,11-12H2,1-3H3,(H,24,27)/b23-10+.